The quantitative estimate of drug-likeness (QED) is 0.664. The van der Waals surface area contributed by atoms with E-state index in [1.54, 1.807) is 0 Å². The van der Waals surface area contributed by atoms with Crippen LogP contribution in [-0.2, 0) is 6.42 Å². The summed E-state index contributed by atoms with van der Waals surface area (Å²) in [6, 6.07) is 17.3. The molecule has 0 radical (unpaired) electrons. The SMILES string of the molecule is Cc1ccc(C)cc1.Cc1ccc(CC(C)C)cc1. The maximum absolute atomic E-state index is 2.25. The number of benzene rings is 2. The minimum absolute atomic E-state index is 0.762. The van der Waals surface area contributed by atoms with Crippen molar-refractivity contribution in [3.63, 3.8) is 0 Å². The predicted molar refractivity (Wildman–Crippen MR) is 85.6 cm³/mol. The number of hydrogen-bond acceptors (Lipinski definition) is 0. The third-order valence-corrected chi connectivity index (χ3v) is 2.98. The molecule has 0 heterocycles. The highest BCUT2D eigenvalue weighted by molar-refractivity contribution is 5.21. The van der Waals surface area contributed by atoms with Crippen LogP contribution in [0.1, 0.15) is 36.1 Å². The highest BCUT2D eigenvalue weighted by atomic mass is 14.0. The van der Waals surface area contributed by atoms with Crippen LogP contribution in [0, 0.1) is 26.7 Å². The third-order valence-electron chi connectivity index (χ3n) is 2.98. The molecular weight excluding hydrogens is 228 g/mol. The van der Waals surface area contributed by atoms with Crippen LogP contribution in [0.2, 0.25) is 0 Å². The highest BCUT2D eigenvalue weighted by Crippen LogP contribution is 2.08. The molecule has 0 aliphatic carbocycles. The molecule has 2 aromatic rings. The minimum atomic E-state index is 0.762. The summed E-state index contributed by atoms with van der Waals surface area (Å²) in [5.74, 6) is 0.762. The molecule has 0 nitrogen and oxygen atoms in total. The molecule has 2 rings (SSSR count). The van der Waals surface area contributed by atoms with Crippen LogP contribution in [0.5, 0.6) is 0 Å². The third kappa shape index (κ3) is 6.81. The first kappa shape index (κ1) is 15.5. The Bertz CT molecular complexity index is 439. The van der Waals surface area contributed by atoms with Crippen LogP contribution >= 0.6 is 0 Å². The Hall–Kier alpha value is -1.56. The average molecular weight is 254 g/mol. The van der Waals surface area contributed by atoms with Crippen molar-refractivity contribution >= 4 is 0 Å². The fourth-order valence-corrected chi connectivity index (χ4v) is 1.83. The molecule has 0 heteroatoms. The molecule has 0 saturated carbocycles. The lowest BCUT2D eigenvalue weighted by atomic mass is 10.0. The molecule has 0 fully saturated rings. The molecular formula is C19H26. The van der Waals surface area contributed by atoms with Crippen molar-refractivity contribution in [1.29, 1.82) is 0 Å². The maximum atomic E-state index is 2.25. The molecule has 0 spiro atoms. The van der Waals surface area contributed by atoms with E-state index < -0.39 is 0 Å². The summed E-state index contributed by atoms with van der Waals surface area (Å²) in [4.78, 5) is 0. The van der Waals surface area contributed by atoms with E-state index in [0.29, 0.717) is 0 Å². The predicted octanol–water partition coefficient (Wildman–Crippen LogP) is 5.50. The van der Waals surface area contributed by atoms with E-state index in [-0.39, 0.29) is 0 Å². The van der Waals surface area contributed by atoms with E-state index in [1.165, 1.54) is 28.7 Å². The fourth-order valence-electron chi connectivity index (χ4n) is 1.83. The van der Waals surface area contributed by atoms with Crippen molar-refractivity contribution in [3.05, 3.63) is 70.8 Å². The van der Waals surface area contributed by atoms with Gasteiger partial charge in [-0.3, -0.25) is 0 Å². The Balaban J connectivity index is 0.000000200. The first-order valence-electron chi connectivity index (χ1n) is 7.06. The van der Waals surface area contributed by atoms with E-state index in [4.69, 9.17) is 0 Å². The van der Waals surface area contributed by atoms with Crippen molar-refractivity contribution in [3.8, 4) is 0 Å². The van der Waals surface area contributed by atoms with Crippen molar-refractivity contribution in [1.82, 2.24) is 0 Å². The Morgan fingerprint density at radius 3 is 1.26 bits per heavy atom. The largest absolute Gasteiger partial charge is 0.0625 e. The number of hydrogen-bond donors (Lipinski definition) is 0. The van der Waals surface area contributed by atoms with E-state index in [0.717, 1.165) is 5.92 Å². The zero-order valence-corrected chi connectivity index (χ0v) is 12.9. The second kappa shape index (κ2) is 7.78. The normalized spacial score (nSPS) is 10.0. The van der Waals surface area contributed by atoms with Gasteiger partial charge in [0.15, 0.2) is 0 Å². The average Bonchev–Trinajstić information content (AvgIpc) is 2.36. The summed E-state index contributed by atoms with van der Waals surface area (Å²) in [6.07, 6.45) is 1.19. The van der Waals surface area contributed by atoms with Gasteiger partial charge in [-0.1, -0.05) is 79.1 Å². The smallest absolute Gasteiger partial charge is 0.0256 e. The van der Waals surface area contributed by atoms with E-state index in [2.05, 4.69) is 83.1 Å². The number of rotatable bonds is 2. The molecule has 0 saturated heterocycles. The standard InChI is InChI=1S/C11H16.C8H10/c1-9(2)8-11-6-4-10(3)5-7-11;1-7-3-5-8(2)6-4-7/h4-7,9H,8H2,1-3H3;3-6H,1-2H3. The zero-order valence-electron chi connectivity index (χ0n) is 12.9. The topological polar surface area (TPSA) is 0 Å². The first-order chi connectivity index (χ1) is 8.97. The van der Waals surface area contributed by atoms with Gasteiger partial charge in [0.25, 0.3) is 0 Å². The molecule has 0 amide bonds. The zero-order chi connectivity index (χ0) is 14.3. The summed E-state index contributed by atoms with van der Waals surface area (Å²) in [5.41, 5.74) is 5.45. The van der Waals surface area contributed by atoms with Gasteiger partial charge in [-0.15, -0.1) is 0 Å². The van der Waals surface area contributed by atoms with Crippen molar-refractivity contribution in [2.24, 2.45) is 5.92 Å². The Kier molecular flexibility index (Phi) is 6.35. The van der Waals surface area contributed by atoms with Gasteiger partial charge >= 0.3 is 0 Å². The van der Waals surface area contributed by atoms with Gasteiger partial charge in [0.05, 0.1) is 0 Å². The van der Waals surface area contributed by atoms with Crippen LogP contribution in [0.3, 0.4) is 0 Å². The molecule has 2 aromatic carbocycles. The summed E-state index contributed by atoms with van der Waals surface area (Å²) >= 11 is 0. The molecule has 0 N–H and O–H groups in total. The van der Waals surface area contributed by atoms with Crippen LogP contribution in [0.4, 0.5) is 0 Å². The molecule has 102 valence electrons. The van der Waals surface area contributed by atoms with E-state index in [9.17, 15) is 0 Å². The number of aryl methyl sites for hydroxylation is 3. The van der Waals surface area contributed by atoms with Crippen LogP contribution in [0.25, 0.3) is 0 Å². The minimum Gasteiger partial charge on any atom is -0.0625 e. The Morgan fingerprint density at radius 2 is 0.947 bits per heavy atom. The Morgan fingerprint density at radius 1 is 0.632 bits per heavy atom. The van der Waals surface area contributed by atoms with Gasteiger partial charge in [-0.2, -0.15) is 0 Å². The van der Waals surface area contributed by atoms with Crippen LogP contribution in [-0.4, -0.2) is 0 Å². The fraction of sp³-hybridized carbons (Fsp3) is 0.368. The van der Waals surface area contributed by atoms with Gasteiger partial charge in [0, 0.05) is 0 Å². The van der Waals surface area contributed by atoms with Gasteiger partial charge in [0.2, 0.25) is 0 Å². The lowest BCUT2D eigenvalue weighted by molar-refractivity contribution is 0.647. The Labute approximate surface area is 118 Å². The molecule has 0 bridgehead atoms. The lowest BCUT2D eigenvalue weighted by Gasteiger charge is -2.04. The van der Waals surface area contributed by atoms with Crippen LogP contribution in [0.15, 0.2) is 48.5 Å². The lowest BCUT2D eigenvalue weighted by Crippen LogP contribution is -1.93. The highest BCUT2D eigenvalue weighted by Gasteiger charge is 1.95. The van der Waals surface area contributed by atoms with Crippen molar-refractivity contribution in [2.75, 3.05) is 0 Å². The monoisotopic (exact) mass is 254 g/mol. The summed E-state index contributed by atoms with van der Waals surface area (Å²) in [6.45, 7) is 10.8. The van der Waals surface area contributed by atoms with Gasteiger partial charge < -0.3 is 0 Å². The van der Waals surface area contributed by atoms with Crippen LogP contribution < -0.4 is 0 Å². The second-order valence-electron chi connectivity index (χ2n) is 5.74. The first-order valence-corrected chi connectivity index (χ1v) is 7.06. The molecule has 19 heavy (non-hydrogen) atoms. The summed E-state index contributed by atoms with van der Waals surface area (Å²) in [5, 5.41) is 0. The van der Waals surface area contributed by atoms with Gasteiger partial charge in [-0.25, -0.2) is 0 Å². The molecule has 0 unspecified atom stereocenters. The molecule has 0 aromatic heterocycles. The molecule has 0 aliphatic heterocycles. The van der Waals surface area contributed by atoms with Gasteiger partial charge in [0.1, 0.15) is 0 Å². The van der Waals surface area contributed by atoms with Crippen molar-refractivity contribution < 1.29 is 0 Å². The van der Waals surface area contributed by atoms with Crippen molar-refractivity contribution in [2.45, 2.75) is 41.0 Å². The molecule has 0 atom stereocenters. The van der Waals surface area contributed by atoms with E-state index in [1.807, 2.05) is 0 Å². The summed E-state index contributed by atoms with van der Waals surface area (Å²) in [7, 11) is 0. The van der Waals surface area contributed by atoms with E-state index >= 15 is 0 Å². The summed E-state index contributed by atoms with van der Waals surface area (Å²) < 4.78 is 0. The second-order valence-corrected chi connectivity index (χ2v) is 5.74. The maximum Gasteiger partial charge on any atom is -0.0256 e. The van der Waals surface area contributed by atoms with Gasteiger partial charge in [-0.05, 0) is 38.7 Å². The molecule has 0 aliphatic rings.